The van der Waals surface area contributed by atoms with Gasteiger partial charge in [0.1, 0.15) is 11.7 Å². The van der Waals surface area contributed by atoms with E-state index in [1.807, 2.05) is 0 Å². The highest BCUT2D eigenvalue weighted by Crippen LogP contribution is 2.25. The standard InChI is InChI=1S/C16H23N3O6/c1-10(2)14(16(21)25-4)18-15(20)11-5-6-12(17-7-8-24-3)13(9-11)19(22)23/h5-6,9-10,14,17H,7-8H2,1-4H3,(H,18,20)/t14-/m0/s1. The van der Waals surface area contributed by atoms with Gasteiger partial charge < -0.3 is 20.1 Å². The van der Waals surface area contributed by atoms with Crippen LogP contribution in [0.3, 0.4) is 0 Å². The summed E-state index contributed by atoms with van der Waals surface area (Å²) in [6, 6.07) is 3.23. The summed E-state index contributed by atoms with van der Waals surface area (Å²) >= 11 is 0. The molecule has 0 heterocycles. The normalized spacial score (nSPS) is 11.7. The number of anilines is 1. The molecule has 0 aliphatic carbocycles. The number of benzene rings is 1. The highest BCUT2D eigenvalue weighted by atomic mass is 16.6. The second kappa shape index (κ2) is 9.58. The lowest BCUT2D eigenvalue weighted by Gasteiger charge is -2.19. The van der Waals surface area contributed by atoms with E-state index in [-0.39, 0.29) is 22.9 Å². The molecule has 0 aliphatic heterocycles. The van der Waals surface area contributed by atoms with Gasteiger partial charge in [-0.1, -0.05) is 13.8 Å². The largest absolute Gasteiger partial charge is 0.467 e. The third-order valence-electron chi connectivity index (χ3n) is 3.49. The van der Waals surface area contributed by atoms with Gasteiger partial charge >= 0.3 is 5.97 Å². The Kier molecular flexibility index (Phi) is 7.80. The molecule has 0 bridgehead atoms. The molecule has 1 aromatic carbocycles. The Morgan fingerprint density at radius 1 is 1.28 bits per heavy atom. The summed E-state index contributed by atoms with van der Waals surface area (Å²) in [7, 11) is 2.76. The van der Waals surface area contributed by atoms with E-state index in [1.165, 1.54) is 32.4 Å². The average Bonchev–Trinajstić information content (AvgIpc) is 2.58. The predicted molar refractivity (Wildman–Crippen MR) is 91.6 cm³/mol. The van der Waals surface area contributed by atoms with E-state index in [0.29, 0.717) is 13.2 Å². The maximum Gasteiger partial charge on any atom is 0.328 e. The number of hydrogen-bond donors (Lipinski definition) is 2. The summed E-state index contributed by atoms with van der Waals surface area (Å²) in [4.78, 5) is 34.7. The molecule has 1 rings (SSSR count). The molecule has 1 atom stereocenters. The minimum atomic E-state index is -0.837. The molecule has 9 nitrogen and oxygen atoms in total. The molecule has 0 aromatic heterocycles. The third kappa shape index (κ3) is 5.71. The number of carbonyl (C=O) groups excluding carboxylic acids is 2. The molecule has 0 saturated heterocycles. The molecule has 0 aliphatic rings. The summed E-state index contributed by atoms with van der Waals surface area (Å²) in [5.41, 5.74) is 0.133. The fraction of sp³-hybridized carbons (Fsp3) is 0.500. The predicted octanol–water partition coefficient (Wildman–Crippen LogP) is 1.58. The number of nitro groups is 1. The molecule has 9 heteroatoms. The summed E-state index contributed by atoms with van der Waals surface area (Å²) < 4.78 is 9.55. The van der Waals surface area contributed by atoms with E-state index in [0.717, 1.165) is 0 Å². The highest BCUT2D eigenvalue weighted by molar-refractivity contribution is 5.98. The topological polar surface area (TPSA) is 120 Å². The molecular weight excluding hydrogens is 330 g/mol. The Morgan fingerprint density at radius 2 is 1.96 bits per heavy atom. The van der Waals surface area contributed by atoms with Gasteiger partial charge in [-0.3, -0.25) is 14.9 Å². The zero-order valence-electron chi connectivity index (χ0n) is 14.7. The van der Waals surface area contributed by atoms with Crippen molar-refractivity contribution in [3.05, 3.63) is 33.9 Å². The molecule has 0 unspecified atom stereocenters. The molecule has 1 aromatic rings. The number of carbonyl (C=O) groups is 2. The van der Waals surface area contributed by atoms with E-state index in [1.54, 1.807) is 13.8 Å². The van der Waals surface area contributed by atoms with Crippen molar-refractivity contribution < 1.29 is 24.0 Å². The van der Waals surface area contributed by atoms with Crippen molar-refractivity contribution in [3.63, 3.8) is 0 Å². The Balaban J connectivity index is 3.00. The summed E-state index contributed by atoms with van der Waals surface area (Å²) in [5.74, 6) is -1.35. The minimum Gasteiger partial charge on any atom is -0.467 e. The monoisotopic (exact) mass is 353 g/mol. The third-order valence-corrected chi connectivity index (χ3v) is 3.49. The lowest BCUT2D eigenvalue weighted by Crippen LogP contribution is -2.45. The number of nitrogens with zero attached hydrogens (tertiary/aromatic N) is 1. The molecule has 25 heavy (non-hydrogen) atoms. The molecular formula is C16H23N3O6. The van der Waals surface area contributed by atoms with Gasteiger partial charge in [0.2, 0.25) is 0 Å². The van der Waals surface area contributed by atoms with E-state index < -0.39 is 22.8 Å². The van der Waals surface area contributed by atoms with Gasteiger partial charge in [0, 0.05) is 25.3 Å². The second-order valence-corrected chi connectivity index (χ2v) is 5.63. The Morgan fingerprint density at radius 3 is 2.48 bits per heavy atom. The zero-order chi connectivity index (χ0) is 19.0. The van der Waals surface area contributed by atoms with Crippen molar-refractivity contribution in [1.82, 2.24) is 5.32 Å². The second-order valence-electron chi connectivity index (χ2n) is 5.63. The first kappa shape index (κ1) is 20.4. The maximum absolute atomic E-state index is 12.3. The highest BCUT2D eigenvalue weighted by Gasteiger charge is 2.26. The maximum atomic E-state index is 12.3. The van der Waals surface area contributed by atoms with Crippen LogP contribution in [-0.2, 0) is 14.3 Å². The molecule has 138 valence electrons. The summed E-state index contributed by atoms with van der Waals surface area (Å²) in [6.45, 7) is 4.29. The number of rotatable bonds is 9. The Bertz CT molecular complexity index is 632. The van der Waals surface area contributed by atoms with Crippen LogP contribution in [0.2, 0.25) is 0 Å². The van der Waals surface area contributed by atoms with E-state index in [9.17, 15) is 19.7 Å². The van der Waals surface area contributed by atoms with Gasteiger partial charge in [0.05, 0.1) is 18.6 Å². The molecule has 0 fully saturated rings. The molecule has 0 radical (unpaired) electrons. The number of esters is 1. The van der Waals surface area contributed by atoms with Gasteiger partial charge in [-0.25, -0.2) is 4.79 Å². The molecule has 1 amide bonds. The van der Waals surface area contributed by atoms with E-state index in [4.69, 9.17) is 4.74 Å². The van der Waals surface area contributed by atoms with Crippen molar-refractivity contribution in [1.29, 1.82) is 0 Å². The Labute approximate surface area is 145 Å². The van der Waals surface area contributed by atoms with Crippen molar-refractivity contribution in [3.8, 4) is 0 Å². The van der Waals surface area contributed by atoms with Gasteiger partial charge in [-0.05, 0) is 18.1 Å². The lowest BCUT2D eigenvalue weighted by molar-refractivity contribution is -0.384. The van der Waals surface area contributed by atoms with Crippen LogP contribution in [0.25, 0.3) is 0 Å². The van der Waals surface area contributed by atoms with E-state index in [2.05, 4.69) is 15.4 Å². The smallest absolute Gasteiger partial charge is 0.328 e. The number of nitrogens with one attached hydrogen (secondary N) is 2. The number of nitro benzene ring substituents is 1. The number of amides is 1. The van der Waals surface area contributed by atoms with Gasteiger partial charge in [-0.15, -0.1) is 0 Å². The Hall–Kier alpha value is -2.68. The molecule has 0 spiro atoms. The van der Waals surface area contributed by atoms with Crippen LogP contribution in [-0.4, -0.2) is 50.2 Å². The van der Waals surface area contributed by atoms with Crippen LogP contribution in [0.5, 0.6) is 0 Å². The average molecular weight is 353 g/mol. The van der Waals surface area contributed by atoms with E-state index >= 15 is 0 Å². The van der Waals surface area contributed by atoms with Crippen molar-refractivity contribution >= 4 is 23.3 Å². The van der Waals surface area contributed by atoms with Crippen LogP contribution in [0.4, 0.5) is 11.4 Å². The minimum absolute atomic E-state index is 0.0820. The fourth-order valence-corrected chi connectivity index (χ4v) is 2.11. The summed E-state index contributed by atoms with van der Waals surface area (Å²) in [5, 5.41) is 16.7. The van der Waals surface area contributed by atoms with Crippen LogP contribution in [0, 0.1) is 16.0 Å². The van der Waals surface area contributed by atoms with Gasteiger partial charge in [-0.2, -0.15) is 0 Å². The van der Waals surface area contributed by atoms with Crippen LogP contribution < -0.4 is 10.6 Å². The van der Waals surface area contributed by atoms with Crippen LogP contribution >= 0.6 is 0 Å². The first-order chi connectivity index (χ1) is 11.8. The first-order valence-corrected chi connectivity index (χ1v) is 7.71. The van der Waals surface area contributed by atoms with Crippen molar-refractivity contribution in [2.75, 3.05) is 32.7 Å². The SMILES string of the molecule is COCCNc1ccc(C(=O)N[C@H](C(=O)OC)C(C)C)cc1[N+](=O)[O-]. The van der Waals surface area contributed by atoms with Crippen LogP contribution in [0.1, 0.15) is 24.2 Å². The van der Waals surface area contributed by atoms with Crippen molar-refractivity contribution in [2.24, 2.45) is 5.92 Å². The van der Waals surface area contributed by atoms with Gasteiger partial charge in [0.25, 0.3) is 11.6 Å². The quantitative estimate of drug-likeness (QED) is 0.299. The fourth-order valence-electron chi connectivity index (χ4n) is 2.11. The molecule has 0 saturated carbocycles. The number of hydrogen-bond acceptors (Lipinski definition) is 7. The number of ether oxygens (including phenoxy) is 2. The molecule has 2 N–H and O–H groups in total. The number of methoxy groups -OCH3 is 2. The lowest BCUT2D eigenvalue weighted by atomic mass is 10.0. The van der Waals surface area contributed by atoms with Crippen LogP contribution in [0.15, 0.2) is 18.2 Å². The van der Waals surface area contributed by atoms with Gasteiger partial charge in [0.15, 0.2) is 0 Å². The zero-order valence-corrected chi connectivity index (χ0v) is 14.7. The first-order valence-electron chi connectivity index (χ1n) is 7.71. The summed E-state index contributed by atoms with van der Waals surface area (Å²) in [6.07, 6.45) is 0. The van der Waals surface area contributed by atoms with Crippen molar-refractivity contribution in [2.45, 2.75) is 19.9 Å².